The van der Waals surface area contributed by atoms with Crippen molar-refractivity contribution in [3.8, 4) is 11.3 Å². The number of aromatic nitrogens is 5. The Morgan fingerprint density at radius 1 is 1.33 bits per heavy atom. The molecule has 3 heterocycles. The lowest BCUT2D eigenvalue weighted by Gasteiger charge is -2.19. The molecule has 1 unspecified atom stereocenters. The van der Waals surface area contributed by atoms with Gasteiger partial charge in [0.15, 0.2) is 0 Å². The molecule has 7 heteroatoms. The Kier molecular flexibility index (Phi) is 3.42. The minimum atomic E-state index is -0.184. The summed E-state index contributed by atoms with van der Waals surface area (Å²) in [5, 5.41) is 5.04. The average Bonchev–Trinajstić information content (AvgIpc) is 3.13. The van der Waals surface area contributed by atoms with Crippen LogP contribution in [0.15, 0.2) is 46.8 Å². The molecule has 24 heavy (non-hydrogen) atoms. The summed E-state index contributed by atoms with van der Waals surface area (Å²) in [5.74, 6) is 0.240. The Morgan fingerprint density at radius 2 is 2.17 bits per heavy atom. The van der Waals surface area contributed by atoms with Gasteiger partial charge < -0.3 is 4.98 Å². The molecule has 6 nitrogen and oxygen atoms in total. The third kappa shape index (κ3) is 2.39. The fourth-order valence-corrected chi connectivity index (χ4v) is 3.36. The summed E-state index contributed by atoms with van der Waals surface area (Å²) in [5.41, 5.74) is 3.99. The molecule has 3 aromatic rings. The Labute approximate surface area is 143 Å². The topological polar surface area (TPSA) is 68.0 Å². The second-order valence-corrected chi connectivity index (χ2v) is 6.55. The van der Waals surface area contributed by atoms with Gasteiger partial charge in [-0.15, -0.1) is 0 Å². The number of nitrogens with zero attached hydrogens (tertiary/aromatic N) is 4. The molecule has 1 aliphatic rings. The average molecular weight is 342 g/mol. The van der Waals surface area contributed by atoms with Gasteiger partial charge in [0.2, 0.25) is 0 Å². The standard InChI is InChI=1S/C17H16ClN5O/c1-10-5-12(18)3-4-13(10)14-9-23-15(7-19-17(23)24)16(21-14)11-6-20-22(2)8-11/h3-4,6-10H,5H2,1-2H3,(H,19,24). The highest BCUT2D eigenvalue weighted by molar-refractivity contribution is 6.30. The van der Waals surface area contributed by atoms with E-state index in [1.165, 1.54) is 0 Å². The number of hydrogen-bond donors (Lipinski definition) is 1. The molecule has 3 aromatic heterocycles. The van der Waals surface area contributed by atoms with Gasteiger partial charge in [0.05, 0.1) is 23.1 Å². The summed E-state index contributed by atoms with van der Waals surface area (Å²) in [6.45, 7) is 2.11. The third-order valence-corrected chi connectivity index (χ3v) is 4.57. The number of halogens is 1. The van der Waals surface area contributed by atoms with E-state index in [2.05, 4.69) is 17.0 Å². The van der Waals surface area contributed by atoms with Crippen LogP contribution >= 0.6 is 11.6 Å². The maximum absolute atomic E-state index is 12.1. The monoisotopic (exact) mass is 341 g/mol. The first kappa shape index (κ1) is 15.0. The summed E-state index contributed by atoms with van der Waals surface area (Å²) in [6.07, 6.45) is 11.7. The fraction of sp³-hybridized carbons (Fsp3) is 0.235. The molecule has 0 amide bonds. The van der Waals surface area contributed by atoms with Crippen molar-refractivity contribution in [2.24, 2.45) is 13.0 Å². The number of aryl methyl sites for hydroxylation is 1. The van der Waals surface area contributed by atoms with E-state index in [1.54, 1.807) is 27.7 Å². The molecular weight excluding hydrogens is 326 g/mol. The van der Waals surface area contributed by atoms with E-state index < -0.39 is 0 Å². The minimum Gasteiger partial charge on any atom is -0.312 e. The van der Waals surface area contributed by atoms with Crippen molar-refractivity contribution in [3.05, 3.63) is 58.1 Å². The van der Waals surface area contributed by atoms with Crippen LogP contribution in [-0.2, 0) is 7.05 Å². The lowest BCUT2D eigenvalue weighted by atomic mass is 9.91. The zero-order valence-corrected chi connectivity index (χ0v) is 14.1. The molecular formula is C17H16ClN5O. The van der Waals surface area contributed by atoms with Crippen LogP contribution in [0.25, 0.3) is 22.3 Å². The van der Waals surface area contributed by atoms with Crippen LogP contribution < -0.4 is 5.69 Å². The fourth-order valence-electron chi connectivity index (χ4n) is 3.07. The number of aromatic amines is 1. The van der Waals surface area contributed by atoms with Crippen LogP contribution in [0.5, 0.6) is 0 Å². The summed E-state index contributed by atoms with van der Waals surface area (Å²) in [7, 11) is 1.85. The number of fused-ring (bicyclic) bond motifs is 1. The number of imidazole rings is 1. The summed E-state index contributed by atoms with van der Waals surface area (Å²) < 4.78 is 3.31. The molecule has 1 N–H and O–H groups in total. The highest BCUT2D eigenvalue weighted by Crippen LogP contribution is 2.34. The lowest BCUT2D eigenvalue weighted by Crippen LogP contribution is -2.13. The SMILES string of the molecule is CC1CC(Cl)=CC=C1c1cn2c(=O)[nH]cc2c(-c2cnn(C)c2)n1. The Balaban J connectivity index is 1.98. The molecule has 0 aliphatic heterocycles. The smallest absolute Gasteiger partial charge is 0.312 e. The number of hydrogen-bond acceptors (Lipinski definition) is 3. The quantitative estimate of drug-likeness (QED) is 0.779. The zero-order valence-electron chi connectivity index (χ0n) is 13.3. The second kappa shape index (κ2) is 5.49. The van der Waals surface area contributed by atoms with Crippen LogP contribution in [0.2, 0.25) is 0 Å². The molecule has 0 bridgehead atoms. The maximum Gasteiger partial charge on any atom is 0.330 e. The van der Waals surface area contributed by atoms with E-state index in [9.17, 15) is 4.79 Å². The van der Waals surface area contributed by atoms with Gasteiger partial charge in [0.1, 0.15) is 0 Å². The molecule has 4 rings (SSSR count). The van der Waals surface area contributed by atoms with Crippen molar-refractivity contribution in [3.63, 3.8) is 0 Å². The lowest BCUT2D eigenvalue weighted by molar-refractivity contribution is 0.744. The second-order valence-electron chi connectivity index (χ2n) is 6.07. The number of rotatable bonds is 2. The molecule has 0 spiro atoms. The van der Waals surface area contributed by atoms with E-state index in [4.69, 9.17) is 16.6 Å². The number of H-pyrrole nitrogens is 1. The van der Waals surface area contributed by atoms with Gasteiger partial charge in [0, 0.05) is 36.2 Å². The normalized spacial score (nSPS) is 17.9. The molecule has 0 aromatic carbocycles. The van der Waals surface area contributed by atoms with E-state index in [-0.39, 0.29) is 11.6 Å². The third-order valence-electron chi connectivity index (χ3n) is 4.29. The Bertz CT molecular complexity index is 1050. The highest BCUT2D eigenvalue weighted by atomic mass is 35.5. The van der Waals surface area contributed by atoms with Gasteiger partial charge >= 0.3 is 5.69 Å². The first-order valence-electron chi connectivity index (χ1n) is 7.69. The van der Waals surface area contributed by atoms with Crippen molar-refractivity contribution in [1.29, 1.82) is 0 Å². The van der Waals surface area contributed by atoms with Gasteiger partial charge in [-0.1, -0.05) is 24.6 Å². The first-order valence-corrected chi connectivity index (χ1v) is 8.07. The van der Waals surface area contributed by atoms with E-state index >= 15 is 0 Å². The Hall–Kier alpha value is -2.60. The molecule has 0 fully saturated rings. The van der Waals surface area contributed by atoms with Crippen LogP contribution in [0.4, 0.5) is 0 Å². The largest absolute Gasteiger partial charge is 0.330 e. The van der Waals surface area contributed by atoms with Gasteiger partial charge in [-0.3, -0.25) is 9.08 Å². The predicted octanol–water partition coefficient (Wildman–Crippen LogP) is 2.97. The van der Waals surface area contributed by atoms with Crippen molar-refractivity contribution in [1.82, 2.24) is 24.1 Å². The summed E-state index contributed by atoms with van der Waals surface area (Å²) >= 11 is 6.12. The van der Waals surface area contributed by atoms with Gasteiger partial charge in [0.25, 0.3) is 0 Å². The van der Waals surface area contributed by atoms with Crippen molar-refractivity contribution >= 4 is 22.7 Å². The van der Waals surface area contributed by atoms with Crippen LogP contribution in [0.1, 0.15) is 19.0 Å². The Morgan fingerprint density at radius 3 is 2.88 bits per heavy atom. The van der Waals surface area contributed by atoms with E-state index in [0.29, 0.717) is 0 Å². The maximum atomic E-state index is 12.1. The molecule has 1 atom stereocenters. The van der Waals surface area contributed by atoms with Gasteiger partial charge in [-0.2, -0.15) is 5.10 Å². The van der Waals surface area contributed by atoms with Crippen LogP contribution in [-0.4, -0.2) is 24.1 Å². The van der Waals surface area contributed by atoms with Crippen molar-refractivity contribution in [2.45, 2.75) is 13.3 Å². The van der Waals surface area contributed by atoms with Crippen LogP contribution in [0.3, 0.4) is 0 Å². The number of nitrogens with one attached hydrogen (secondary N) is 1. The summed E-state index contributed by atoms with van der Waals surface area (Å²) in [6, 6.07) is 0. The van der Waals surface area contributed by atoms with Gasteiger partial charge in [-0.05, 0) is 24.0 Å². The molecule has 122 valence electrons. The molecule has 0 radical (unpaired) electrons. The molecule has 0 saturated carbocycles. The van der Waals surface area contributed by atoms with Crippen LogP contribution in [0, 0.1) is 5.92 Å². The number of allylic oxidation sites excluding steroid dienone is 4. The molecule has 1 aliphatic carbocycles. The molecule has 0 saturated heterocycles. The summed E-state index contributed by atoms with van der Waals surface area (Å²) in [4.78, 5) is 19.7. The van der Waals surface area contributed by atoms with Crippen molar-refractivity contribution < 1.29 is 0 Å². The minimum absolute atomic E-state index is 0.184. The first-order chi connectivity index (χ1) is 11.5. The van der Waals surface area contributed by atoms with E-state index in [1.807, 2.05) is 25.4 Å². The predicted molar refractivity (Wildman–Crippen MR) is 93.7 cm³/mol. The highest BCUT2D eigenvalue weighted by Gasteiger charge is 2.20. The van der Waals surface area contributed by atoms with Gasteiger partial charge in [-0.25, -0.2) is 9.78 Å². The van der Waals surface area contributed by atoms with Crippen molar-refractivity contribution in [2.75, 3.05) is 0 Å². The zero-order chi connectivity index (χ0) is 16.8. The van der Waals surface area contributed by atoms with E-state index in [0.717, 1.165) is 39.5 Å².